The van der Waals surface area contributed by atoms with Gasteiger partial charge < -0.3 is 9.80 Å². The van der Waals surface area contributed by atoms with Crippen LogP contribution in [0.25, 0.3) is 0 Å². The predicted octanol–water partition coefficient (Wildman–Crippen LogP) is 2.88. The maximum absolute atomic E-state index is 12.4. The van der Waals surface area contributed by atoms with Crippen LogP contribution in [0.5, 0.6) is 0 Å². The average molecular weight is 332 g/mol. The van der Waals surface area contributed by atoms with Crippen LogP contribution in [0, 0.1) is 0 Å². The minimum atomic E-state index is 0.0557. The van der Waals surface area contributed by atoms with Crippen LogP contribution >= 0.6 is 27.5 Å². The van der Waals surface area contributed by atoms with Crippen molar-refractivity contribution in [3.8, 4) is 0 Å². The van der Waals surface area contributed by atoms with Gasteiger partial charge in [-0.25, -0.2) is 0 Å². The Bertz CT molecular complexity index is 445. The predicted molar refractivity (Wildman–Crippen MR) is 77.2 cm³/mol. The van der Waals surface area contributed by atoms with Crippen LogP contribution in [0.15, 0.2) is 22.7 Å². The molecule has 0 spiro atoms. The molecule has 0 saturated carbocycles. The lowest BCUT2D eigenvalue weighted by Gasteiger charge is -2.34. The van der Waals surface area contributed by atoms with Crippen molar-refractivity contribution in [3.05, 3.63) is 33.3 Å². The first kappa shape index (κ1) is 13.8. The van der Waals surface area contributed by atoms with E-state index >= 15 is 0 Å². The van der Waals surface area contributed by atoms with E-state index in [0.717, 1.165) is 32.7 Å². The Morgan fingerprint density at radius 2 is 2.00 bits per heavy atom. The number of piperazine rings is 1. The first-order valence-corrected chi connectivity index (χ1v) is 7.26. The molecule has 5 heteroatoms. The lowest BCUT2D eigenvalue weighted by Crippen LogP contribution is -2.48. The number of amides is 1. The molecule has 1 amide bonds. The quantitative estimate of drug-likeness (QED) is 0.832. The third-order valence-electron chi connectivity index (χ3n) is 3.29. The highest BCUT2D eigenvalue weighted by molar-refractivity contribution is 9.10. The normalized spacial score (nSPS) is 16.9. The molecular formula is C13H16BrClN2O. The molecule has 0 radical (unpaired) electrons. The molecule has 18 heavy (non-hydrogen) atoms. The van der Waals surface area contributed by atoms with Gasteiger partial charge in [-0.3, -0.25) is 4.79 Å². The fourth-order valence-corrected chi connectivity index (χ4v) is 2.71. The fourth-order valence-electron chi connectivity index (χ4n) is 2.11. The maximum atomic E-state index is 12.4. The number of benzene rings is 1. The topological polar surface area (TPSA) is 23.6 Å². The molecule has 0 N–H and O–H groups in total. The van der Waals surface area contributed by atoms with Crippen molar-refractivity contribution in [1.82, 2.24) is 9.80 Å². The van der Waals surface area contributed by atoms with Gasteiger partial charge in [-0.15, -0.1) is 0 Å². The monoisotopic (exact) mass is 330 g/mol. The summed E-state index contributed by atoms with van der Waals surface area (Å²) < 4.78 is 0.689. The van der Waals surface area contributed by atoms with E-state index in [4.69, 9.17) is 11.6 Å². The molecule has 0 unspecified atom stereocenters. The molecule has 3 nitrogen and oxygen atoms in total. The van der Waals surface area contributed by atoms with Gasteiger partial charge in [0, 0.05) is 30.7 Å². The number of halogens is 2. The Balaban J connectivity index is 2.10. The number of hydrogen-bond donors (Lipinski definition) is 0. The van der Waals surface area contributed by atoms with E-state index in [-0.39, 0.29) is 5.91 Å². The van der Waals surface area contributed by atoms with Crippen LogP contribution in [0.1, 0.15) is 17.3 Å². The average Bonchev–Trinajstić information content (AvgIpc) is 2.41. The molecule has 2 rings (SSSR count). The third-order valence-corrected chi connectivity index (χ3v) is 4.69. The fraction of sp³-hybridized carbons (Fsp3) is 0.462. The molecule has 1 saturated heterocycles. The summed E-state index contributed by atoms with van der Waals surface area (Å²) in [7, 11) is 0. The third kappa shape index (κ3) is 2.87. The van der Waals surface area contributed by atoms with E-state index in [1.165, 1.54) is 0 Å². The van der Waals surface area contributed by atoms with Crippen LogP contribution in [-0.2, 0) is 0 Å². The molecular weight excluding hydrogens is 316 g/mol. The van der Waals surface area contributed by atoms with Crippen LogP contribution in [0.4, 0.5) is 0 Å². The van der Waals surface area contributed by atoms with Gasteiger partial charge >= 0.3 is 0 Å². The van der Waals surface area contributed by atoms with Gasteiger partial charge in [0.2, 0.25) is 0 Å². The molecule has 0 atom stereocenters. The Morgan fingerprint density at radius 1 is 1.33 bits per heavy atom. The second kappa shape index (κ2) is 6.04. The van der Waals surface area contributed by atoms with Gasteiger partial charge in [0.1, 0.15) is 0 Å². The minimum absolute atomic E-state index is 0.0557. The van der Waals surface area contributed by atoms with E-state index in [2.05, 4.69) is 27.8 Å². The summed E-state index contributed by atoms with van der Waals surface area (Å²) in [6.07, 6.45) is 0. The van der Waals surface area contributed by atoms with Gasteiger partial charge in [0.25, 0.3) is 5.91 Å². The molecule has 0 aliphatic carbocycles. The molecule has 1 aromatic rings. The minimum Gasteiger partial charge on any atom is -0.336 e. The number of likely N-dealkylation sites (N-methyl/N-ethyl adjacent to an activating group) is 1. The van der Waals surface area contributed by atoms with Crippen molar-refractivity contribution in [2.24, 2.45) is 0 Å². The maximum Gasteiger partial charge on any atom is 0.255 e. The Hall–Kier alpha value is -0.580. The highest BCUT2D eigenvalue weighted by Crippen LogP contribution is 2.27. The molecule has 0 aromatic heterocycles. The first-order valence-electron chi connectivity index (χ1n) is 6.09. The van der Waals surface area contributed by atoms with Crippen LogP contribution < -0.4 is 0 Å². The summed E-state index contributed by atoms with van der Waals surface area (Å²) in [5, 5.41) is 0.577. The SMILES string of the molecule is CCN1CCN(C(=O)c2cccc(Cl)c2Br)CC1. The number of carbonyl (C=O) groups is 1. The Kier molecular flexibility index (Phi) is 4.65. The summed E-state index contributed by atoms with van der Waals surface area (Å²) in [5.74, 6) is 0.0557. The van der Waals surface area contributed by atoms with Gasteiger partial charge in [0.05, 0.1) is 10.6 Å². The molecule has 1 aliphatic heterocycles. The van der Waals surface area contributed by atoms with E-state index < -0.39 is 0 Å². The standard InChI is InChI=1S/C13H16BrClN2O/c1-2-16-6-8-17(9-7-16)13(18)10-4-3-5-11(15)12(10)14/h3-5H,2,6-9H2,1H3. The smallest absolute Gasteiger partial charge is 0.255 e. The molecule has 98 valence electrons. The highest BCUT2D eigenvalue weighted by Gasteiger charge is 2.23. The highest BCUT2D eigenvalue weighted by atomic mass is 79.9. The number of nitrogens with zero attached hydrogens (tertiary/aromatic N) is 2. The second-order valence-corrected chi connectivity index (χ2v) is 5.53. The molecule has 1 aliphatic rings. The molecule has 0 bridgehead atoms. The van der Waals surface area contributed by atoms with Crippen molar-refractivity contribution in [2.75, 3.05) is 32.7 Å². The van der Waals surface area contributed by atoms with E-state index in [9.17, 15) is 4.79 Å². The van der Waals surface area contributed by atoms with Gasteiger partial charge in [-0.2, -0.15) is 0 Å². The van der Waals surface area contributed by atoms with Crippen molar-refractivity contribution in [3.63, 3.8) is 0 Å². The summed E-state index contributed by atoms with van der Waals surface area (Å²) in [6, 6.07) is 5.39. The molecule has 1 fully saturated rings. The zero-order valence-corrected chi connectivity index (χ0v) is 12.7. The van der Waals surface area contributed by atoms with E-state index in [1.807, 2.05) is 17.0 Å². The summed E-state index contributed by atoms with van der Waals surface area (Å²) in [6.45, 7) is 6.64. The first-order chi connectivity index (χ1) is 8.63. The zero-order valence-electron chi connectivity index (χ0n) is 10.3. The van der Waals surface area contributed by atoms with E-state index in [0.29, 0.717) is 15.1 Å². The Morgan fingerprint density at radius 3 is 2.61 bits per heavy atom. The molecule has 1 aromatic carbocycles. The van der Waals surface area contributed by atoms with Gasteiger partial charge in [-0.1, -0.05) is 24.6 Å². The van der Waals surface area contributed by atoms with E-state index in [1.54, 1.807) is 6.07 Å². The largest absolute Gasteiger partial charge is 0.336 e. The summed E-state index contributed by atoms with van der Waals surface area (Å²) in [4.78, 5) is 16.6. The van der Waals surface area contributed by atoms with Crippen molar-refractivity contribution >= 4 is 33.4 Å². The van der Waals surface area contributed by atoms with Crippen molar-refractivity contribution in [1.29, 1.82) is 0 Å². The lowest BCUT2D eigenvalue weighted by atomic mass is 10.2. The van der Waals surface area contributed by atoms with Crippen molar-refractivity contribution in [2.45, 2.75) is 6.92 Å². The van der Waals surface area contributed by atoms with Crippen molar-refractivity contribution < 1.29 is 4.79 Å². The Labute approximate surface area is 121 Å². The number of carbonyl (C=O) groups excluding carboxylic acids is 1. The van der Waals surface area contributed by atoms with Crippen LogP contribution in [0.2, 0.25) is 5.02 Å². The van der Waals surface area contributed by atoms with Gasteiger partial charge in [-0.05, 0) is 34.6 Å². The summed E-state index contributed by atoms with van der Waals surface area (Å²) in [5.41, 5.74) is 0.646. The lowest BCUT2D eigenvalue weighted by molar-refractivity contribution is 0.0642. The molecule has 1 heterocycles. The van der Waals surface area contributed by atoms with Gasteiger partial charge in [0.15, 0.2) is 0 Å². The van der Waals surface area contributed by atoms with Crippen LogP contribution in [-0.4, -0.2) is 48.4 Å². The zero-order chi connectivity index (χ0) is 13.1. The second-order valence-electron chi connectivity index (χ2n) is 4.33. The number of hydrogen-bond acceptors (Lipinski definition) is 2. The number of rotatable bonds is 2. The summed E-state index contributed by atoms with van der Waals surface area (Å²) >= 11 is 9.40. The van der Waals surface area contributed by atoms with Crippen LogP contribution in [0.3, 0.4) is 0 Å².